The summed E-state index contributed by atoms with van der Waals surface area (Å²) in [5.74, 6) is -2.43. The maximum Gasteiger partial charge on any atom is 0.322 e. The Labute approximate surface area is 308 Å². The smallest absolute Gasteiger partial charge is 0.322 e. The van der Waals surface area contributed by atoms with Gasteiger partial charge in [-0.15, -0.1) is 0 Å². The molecule has 1 unspecified atom stereocenters. The van der Waals surface area contributed by atoms with Crippen molar-refractivity contribution in [3.63, 3.8) is 0 Å². The molecule has 7 rings (SSSR count). The molecule has 0 bridgehead atoms. The van der Waals surface area contributed by atoms with E-state index in [2.05, 4.69) is 15.3 Å². The van der Waals surface area contributed by atoms with Gasteiger partial charge in [-0.3, -0.25) is 0 Å². The standard InChI is InChI=1S/C41H32ClF3N6O2/c1-26(50(2)40(52)48-30-18-19-35(43)34(42)20-30)33-23-46-39(32-22-37(45)36(44)21-31(32)33)53-24-38-47-25-51(49-38)41(27-12-6-3-7-13-27,28-14-8-4-9-15-28)29-16-10-5-11-17-29/h3-23,25-26H,24H2,1-2H3,(H,48,52). The van der Waals surface area contributed by atoms with Crippen LogP contribution in [-0.2, 0) is 12.1 Å². The van der Waals surface area contributed by atoms with E-state index in [0.29, 0.717) is 16.8 Å². The number of nitrogens with zero attached hydrogens (tertiary/aromatic N) is 5. The number of hydrogen-bond acceptors (Lipinski definition) is 5. The zero-order valence-electron chi connectivity index (χ0n) is 28.6. The summed E-state index contributed by atoms with van der Waals surface area (Å²) in [7, 11) is 1.53. The van der Waals surface area contributed by atoms with Gasteiger partial charge in [0, 0.05) is 29.9 Å². The number of halogens is 4. The molecule has 53 heavy (non-hydrogen) atoms. The van der Waals surface area contributed by atoms with Gasteiger partial charge in [0.2, 0.25) is 5.88 Å². The molecule has 0 radical (unpaired) electrons. The minimum absolute atomic E-state index is 0.0275. The number of pyridine rings is 1. The first-order chi connectivity index (χ1) is 25.7. The number of hydrogen-bond donors (Lipinski definition) is 1. The minimum atomic E-state index is -1.09. The fourth-order valence-corrected chi connectivity index (χ4v) is 6.62. The first kappa shape index (κ1) is 35.2. The maximum absolute atomic E-state index is 14.7. The minimum Gasteiger partial charge on any atom is -0.469 e. The summed E-state index contributed by atoms with van der Waals surface area (Å²) in [4.78, 5) is 23.6. The highest BCUT2D eigenvalue weighted by molar-refractivity contribution is 6.31. The van der Waals surface area contributed by atoms with Crippen molar-refractivity contribution in [2.75, 3.05) is 12.4 Å². The molecule has 0 spiro atoms. The van der Waals surface area contributed by atoms with Gasteiger partial charge >= 0.3 is 6.03 Å². The molecule has 5 aromatic carbocycles. The summed E-state index contributed by atoms with van der Waals surface area (Å²) in [6.45, 7) is 1.57. The molecule has 0 saturated carbocycles. The Balaban J connectivity index is 1.20. The first-order valence-electron chi connectivity index (χ1n) is 16.6. The third kappa shape index (κ3) is 6.78. The molecule has 1 N–H and O–H groups in total. The Morgan fingerprint density at radius 1 is 0.811 bits per heavy atom. The number of anilines is 1. The van der Waals surface area contributed by atoms with Gasteiger partial charge in [-0.2, -0.15) is 5.10 Å². The zero-order valence-corrected chi connectivity index (χ0v) is 29.3. The molecule has 8 nitrogen and oxygen atoms in total. The number of aromatic nitrogens is 4. The number of nitrogens with one attached hydrogen (secondary N) is 1. The van der Waals surface area contributed by atoms with Gasteiger partial charge in [0.05, 0.1) is 11.1 Å². The highest BCUT2D eigenvalue weighted by Crippen LogP contribution is 2.40. The second kappa shape index (κ2) is 14.8. The largest absolute Gasteiger partial charge is 0.469 e. The van der Waals surface area contributed by atoms with Crippen LogP contribution in [0.3, 0.4) is 0 Å². The Bertz CT molecular complexity index is 2300. The lowest BCUT2D eigenvalue weighted by Gasteiger charge is -2.35. The number of rotatable bonds is 10. The molecular weight excluding hydrogens is 701 g/mol. The van der Waals surface area contributed by atoms with E-state index in [1.807, 2.05) is 91.0 Å². The second-order valence-electron chi connectivity index (χ2n) is 12.4. The molecule has 7 aromatic rings. The van der Waals surface area contributed by atoms with Crippen LogP contribution in [0, 0.1) is 17.5 Å². The van der Waals surface area contributed by atoms with Crippen LogP contribution in [0.4, 0.5) is 23.7 Å². The predicted octanol–water partition coefficient (Wildman–Crippen LogP) is 9.54. The number of urea groups is 1. The van der Waals surface area contributed by atoms with Crippen molar-refractivity contribution < 1.29 is 22.7 Å². The molecule has 266 valence electrons. The number of ether oxygens (including phenoxy) is 1. The molecule has 0 aliphatic heterocycles. The number of fused-ring (bicyclic) bond motifs is 1. The number of amides is 2. The maximum atomic E-state index is 14.7. The lowest BCUT2D eigenvalue weighted by atomic mass is 9.77. The molecule has 12 heteroatoms. The zero-order chi connectivity index (χ0) is 37.1. The van der Waals surface area contributed by atoms with E-state index in [-0.39, 0.29) is 28.6 Å². The van der Waals surface area contributed by atoms with Gasteiger partial charge in [-0.1, -0.05) is 103 Å². The molecule has 0 saturated heterocycles. The summed E-state index contributed by atoms with van der Waals surface area (Å²) in [5, 5.41) is 7.91. The third-order valence-corrected chi connectivity index (χ3v) is 9.53. The summed E-state index contributed by atoms with van der Waals surface area (Å²) < 4.78 is 51.0. The van der Waals surface area contributed by atoms with Gasteiger partial charge in [-0.25, -0.2) is 32.6 Å². The highest BCUT2D eigenvalue weighted by Gasteiger charge is 2.39. The molecule has 0 aliphatic rings. The fraction of sp³-hybridized carbons (Fsp3) is 0.122. The van der Waals surface area contributed by atoms with E-state index < -0.39 is 35.1 Å². The molecule has 2 aromatic heterocycles. The van der Waals surface area contributed by atoms with Gasteiger partial charge in [0.25, 0.3) is 0 Å². The Morgan fingerprint density at radius 3 is 1.94 bits per heavy atom. The van der Waals surface area contributed by atoms with Gasteiger partial charge in [0.1, 0.15) is 17.7 Å². The van der Waals surface area contributed by atoms with E-state index in [9.17, 15) is 18.0 Å². The summed E-state index contributed by atoms with van der Waals surface area (Å²) in [6.07, 6.45) is 3.10. The lowest BCUT2D eigenvalue weighted by Crippen LogP contribution is -2.38. The van der Waals surface area contributed by atoms with Crippen molar-refractivity contribution in [2.24, 2.45) is 0 Å². The van der Waals surface area contributed by atoms with Crippen molar-refractivity contribution in [1.29, 1.82) is 0 Å². The monoisotopic (exact) mass is 732 g/mol. The van der Waals surface area contributed by atoms with Crippen molar-refractivity contribution in [1.82, 2.24) is 24.6 Å². The van der Waals surface area contributed by atoms with Crippen LogP contribution in [0.15, 0.2) is 134 Å². The van der Waals surface area contributed by atoms with Crippen LogP contribution in [0.1, 0.15) is 41.0 Å². The Morgan fingerprint density at radius 2 is 1.38 bits per heavy atom. The molecule has 1 atom stereocenters. The molecule has 2 amide bonds. The topological polar surface area (TPSA) is 85.2 Å². The van der Waals surface area contributed by atoms with Crippen molar-refractivity contribution >= 4 is 34.1 Å². The van der Waals surface area contributed by atoms with Crippen LogP contribution >= 0.6 is 11.6 Å². The predicted molar refractivity (Wildman–Crippen MR) is 197 cm³/mol. The van der Waals surface area contributed by atoms with Crippen LogP contribution in [0.25, 0.3) is 10.8 Å². The van der Waals surface area contributed by atoms with Crippen LogP contribution < -0.4 is 10.1 Å². The third-order valence-electron chi connectivity index (χ3n) is 9.24. The molecule has 0 fully saturated rings. The van der Waals surface area contributed by atoms with Gasteiger partial charge in [0.15, 0.2) is 24.1 Å². The molecular formula is C41H32ClF3N6O2. The highest BCUT2D eigenvalue weighted by atomic mass is 35.5. The number of carbonyl (C=O) groups is 1. The van der Waals surface area contributed by atoms with E-state index in [1.54, 1.807) is 17.9 Å². The Kier molecular flexibility index (Phi) is 9.84. The van der Waals surface area contributed by atoms with E-state index in [0.717, 1.165) is 34.9 Å². The lowest BCUT2D eigenvalue weighted by molar-refractivity contribution is 0.208. The average Bonchev–Trinajstić information content (AvgIpc) is 3.66. The summed E-state index contributed by atoms with van der Waals surface area (Å²) >= 11 is 5.87. The summed E-state index contributed by atoms with van der Waals surface area (Å²) in [6, 6.07) is 34.7. The van der Waals surface area contributed by atoms with E-state index in [1.165, 1.54) is 30.3 Å². The quantitative estimate of drug-likeness (QED) is 0.142. The van der Waals surface area contributed by atoms with E-state index in [4.69, 9.17) is 21.4 Å². The average molecular weight is 733 g/mol. The summed E-state index contributed by atoms with van der Waals surface area (Å²) in [5.41, 5.74) is 2.71. The van der Waals surface area contributed by atoms with Crippen LogP contribution in [-0.4, -0.2) is 37.7 Å². The van der Waals surface area contributed by atoms with Crippen LogP contribution in [0.5, 0.6) is 5.88 Å². The van der Waals surface area contributed by atoms with Crippen molar-refractivity contribution in [3.05, 3.63) is 184 Å². The molecule has 2 heterocycles. The van der Waals surface area contributed by atoms with Crippen molar-refractivity contribution in [3.8, 4) is 5.88 Å². The fourth-order valence-electron chi connectivity index (χ4n) is 6.44. The number of benzene rings is 5. The first-order valence-corrected chi connectivity index (χ1v) is 17.0. The number of carbonyl (C=O) groups excluding carboxylic acids is 1. The van der Waals surface area contributed by atoms with E-state index >= 15 is 0 Å². The second-order valence-corrected chi connectivity index (χ2v) is 12.8. The normalized spacial score (nSPS) is 12.0. The van der Waals surface area contributed by atoms with Gasteiger partial charge in [-0.05, 0) is 59.3 Å². The van der Waals surface area contributed by atoms with Gasteiger partial charge < -0.3 is 15.0 Å². The van der Waals surface area contributed by atoms with Crippen LogP contribution in [0.2, 0.25) is 5.02 Å². The Hall–Kier alpha value is -6.20. The molecule has 0 aliphatic carbocycles. The SMILES string of the molecule is CC(c1cnc(OCc2ncn(C(c3ccccc3)(c3ccccc3)c3ccccc3)n2)c2cc(F)c(F)cc12)N(C)C(=O)Nc1ccc(F)c(Cl)c1. The van der Waals surface area contributed by atoms with Crippen molar-refractivity contribution in [2.45, 2.75) is 25.1 Å².